The highest BCUT2D eigenvalue weighted by atomic mass is 35.5. The van der Waals surface area contributed by atoms with Gasteiger partial charge in [0.15, 0.2) is 0 Å². The van der Waals surface area contributed by atoms with E-state index in [1.165, 1.54) is 22.9 Å². The van der Waals surface area contributed by atoms with Crippen molar-refractivity contribution in [2.75, 3.05) is 0 Å². The van der Waals surface area contributed by atoms with Gasteiger partial charge in [-0.3, -0.25) is 9.59 Å². The molecule has 6 nitrogen and oxygen atoms in total. The smallest absolute Gasteiger partial charge is 0.260 e. The summed E-state index contributed by atoms with van der Waals surface area (Å²) in [7, 11) is 0. The summed E-state index contributed by atoms with van der Waals surface area (Å²) in [5, 5.41) is 14.1. The van der Waals surface area contributed by atoms with Gasteiger partial charge < -0.3 is 9.67 Å². The Labute approximate surface area is 131 Å². The minimum Gasteiger partial charge on any atom is -0.507 e. The molecule has 0 aliphatic rings. The predicted octanol–water partition coefficient (Wildman–Crippen LogP) is 1.75. The van der Waals surface area contributed by atoms with Crippen molar-refractivity contribution >= 4 is 23.2 Å². The maximum Gasteiger partial charge on any atom is 0.260 e. The first-order chi connectivity index (χ1) is 10.5. The molecule has 0 spiro atoms. The van der Waals surface area contributed by atoms with Crippen molar-refractivity contribution in [1.82, 2.24) is 9.99 Å². The van der Waals surface area contributed by atoms with Gasteiger partial charge >= 0.3 is 0 Å². The number of benzene rings is 1. The third-order valence-corrected chi connectivity index (χ3v) is 3.14. The summed E-state index contributed by atoms with van der Waals surface area (Å²) in [5.74, 6) is -0.437. The molecule has 2 N–H and O–H groups in total. The molecule has 0 radical (unpaired) electrons. The lowest BCUT2D eigenvalue weighted by Crippen LogP contribution is -2.29. The van der Waals surface area contributed by atoms with Crippen LogP contribution in [0.5, 0.6) is 5.75 Å². The summed E-state index contributed by atoms with van der Waals surface area (Å²) in [6.45, 7) is 1.48. The minimum atomic E-state index is -0.450. The van der Waals surface area contributed by atoms with E-state index in [0.717, 1.165) is 0 Å². The number of carbonyl (C=O) groups excluding carboxylic acids is 1. The van der Waals surface area contributed by atoms with Gasteiger partial charge in [-0.15, -0.1) is 0 Å². The van der Waals surface area contributed by atoms with E-state index in [1.54, 1.807) is 31.2 Å². The number of carbonyl (C=O) groups is 1. The number of hydrogen-bond donors (Lipinski definition) is 2. The lowest BCUT2D eigenvalue weighted by molar-refractivity contribution is -0.121. The van der Waals surface area contributed by atoms with Gasteiger partial charge in [0.2, 0.25) is 0 Å². The highest BCUT2D eigenvalue weighted by Crippen LogP contribution is 2.21. The van der Waals surface area contributed by atoms with Crippen molar-refractivity contribution in [3.8, 4) is 5.75 Å². The molecule has 0 saturated carbocycles. The number of aromatic hydroxyl groups is 1. The van der Waals surface area contributed by atoms with Crippen molar-refractivity contribution in [2.45, 2.75) is 13.5 Å². The fourth-order valence-electron chi connectivity index (χ4n) is 1.79. The Morgan fingerprint density at radius 3 is 2.86 bits per heavy atom. The number of phenolic OH excluding ortho intramolecular Hbond substituents is 1. The summed E-state index contributed by atoms with van der Waals surface area (Å²) in [6, 6.07) is 9.17. The number of hydrogen-bond acceptors (Lipinski definition) is 4. The van der Waals surface area contributed by atoms with E-state index < -0.39 is 5.91 Å². The summed E-state index contributed by atoms with van der Waals surface area (Å²) in [4.78, 5) is 23.3. The van der Waals surface area contributed by atoms with E-state index in [4.69, 9.17) is 11.6 Å². The second kappa shape index (κ2) is 6.91. The third kappa shape index (κ3) is 3.95. The SMILES string of the molecule is C/C(=N\NC(=O)Cn1ccccc1=O)c1cc(Cl)ccc1O. The normalized spacial score (nSPS) is 11.3. The van der Waals surface area contributed by atoms with Gasteiger partial charge in [0.1, 0.15) is 12.3 Å². The van der Waals surface area contributed by atoms with Crippen LogP contribution in [0, 0.1) is 0 Å². The maximum atomic E-state index is 11.8. The van der Waals surface area contributed by atoms with Crippen LogP contribution in [0.2, 0.25) is 5.02 Å². The summed E-state index contributed by atoms with van der Waals surface area (Å²) in [6.07, 6.45) is 1.52. The van der Waals surface area contributed by atoms with Crippen LogP contribution in [-0.2, 0) is 11.3 Å². The molecule has 0 aliphatic heterocycles. The number of halogens is 1. The van der Waals surface area contributed by atoms with Crippen molar-refractivity contribution in [2.24, 2.45) is 5.10 Å². The van der Waals surface area contributed by atoms with Crippen LogP contribution in [0.3, 0.4) is 0 Å². The largest absolute Gasteiger partial charge is 0.507 e. The van der Waals surface area contributed by atoms with Gasteiger partial charge in [-0.2, -0.15) is 5.10 Å². The first-order valence-electron chi connectivity index (χ1n) is 6.45. The Hall–Kier alpha value is -2.60. The molecule has 0 aliphatic carbocycles. The molecule has 114 valence electrons. The number of phenols is 1. The van der Waals surface area contributed by atoms with Crippen LogP contribution >= 0.6 is 11.6 Å². The zero-order valence-electron chi connectivity index (χ0n) is 11.8. The van der Waals surface area contributed by atoms with Crippen LogP contribution in [0.4, 0.5) is 0 Å². The first kappa shape index (κ1) is 15.8. The fourth-order valence-corrected chi connectivity index (χ4v) is 1.96. The number of nitrogens with zero attached hydrogens (tertiary/aromatic N) is 2. The fraction of sp³-hybridized carbons (Fsp3) is 0.133. The van der Waals surface area contributed by atoms with Gasteiger partial charge in [-0.1, -0.05) is 17.7 Å². The number of amides is 1. The van der Waals surface area contributed by atoms with Crippen LogP contribution in [0.1, 0.15) is 12.5 Å². The number of rotatable bonds is 4. The van der Waals surface area contributed by atoms with Crippen molar-refractivity contribution in [1.29, 1.82) is 0 Å². The number of pyridine rings is 1. The molecule has 7 heteroatoms. The summed E-state index contributed by atoms with van der Waals surface area (Å²) in [5.41, 5.74) is 2.88. The standard InChI is InChI=1S/C15H14ClN3O3/c1-10(12-8-11(16)5-6-13(12)20)17-18-14(21)9-19-7-3-2-4-15(19)22/h2-8,20H,9H2,1H3,(H,18,21)/b17-10+. The molecule has 1 aromatic heterocycles. The topological polar surface area (TPSA) is 83.7 Å². The molecule has 2 rings (SSSR count). The average Bonchev–Trinajstić information content (AvgIpc) is 2.49. The van der Waals surface area contributed by atoms with Crippen molar-refractivity contribution in [3.63, 3.8) is 0 Å². The highest BCUT2D eigenvalue weighted by molar-refractivity contribution is 6.31. The van der Waals surface area contributed by atoms with E-state index in [2.05, 4.69) is 10.5 Å². The van der Waals surface area contributed by atoms with E-state index in [9.17, 15) is 14.7 Å². The molecule has 0 atom stereocenters. The second-order valence-electron chi connectivity index (χ2n) is 4.56. The van der Waals surface area contributed by atoms with Crippen LogP contribution in [0.25, 0.3) is 0 Å². The monoisotopic (exact) mass is 319 g/mol. The average molecular weight is 320 g/mol. The molecule has 1 aromatic carbocycles. The van der Waals surface area contributed by atoms with Crippen LogP contribution in [0.15, 0.2) is 52.5 Å². The summed E-state index contributed by atoms with van der Waals surface area (Å²) >= 11 is 5.86. The quantitative estimate of drug-likeness (QED) is 0.665. The number of nitrogens with one attached hydrogen (secondary N) is 1. The molecule has 0 bridgehead atoms. The molecule has 0 unspecified atom stereocenters. The number of hydrazone groups is 1. The highest BCUT2D eigenvalue weighted by Gasteiger charge is 2.07. The molecular formula is C15H14ClN3O3. The molecule has 2 aromatic rings. The Balaban J connectivity index is 2.07. The molecule has 1 amide bonds. The van der Waals surface area contributed by atoms with Gasteiger partial charge in [0.05, 0.1) is 5.71 Å². The Bertz CT molecular complexity index is 784. The first-order valence-corrected chi connectivity index (χ1v) is 6.82. The molecule has 0 saturated heterocycles. The number of aromatic nitrogens is 1. The second-order valence-corrected chi connectivity index (χ2v) is 5.00. The lowest BCUT2D eigenvalue weighted by Gasteiger charge is -2.06. The maximum absolute atomic E-state index is 11.8. The zero-order valence-corrected chi connectivity index (χ0v) is 12.5. The van der Waals surface area contributed by atoms with Crippen molar-refractivity contribution < 1.29 is 9.90 Å². The van der Waals surface area contributed by atoms with E-state index >= 15 is 0 Å². The van der Waals surface area contributed by atoms with Gasteiger partial charge in [0.25, 0.3) is 11.5 Å². The molecular weight excluding hydrogens is 306 g/mol. The minimum absolute atomic E-state index is 0.0131. The Morgan fingerprint density at radius 2 is 2.14 bits per heavy atom. The zero-order chi connectivity index (χ0) is 16.1. The van der Waals surface area contributed by atoms with E-state index in [-0.39, 0.29) is 17.9 Å². The molecule has 22 heavy (non-hydrogen) atoms. The van der Waals surface area contributed by atoms with E-state index in [0.29, 0.717) is 16.3 Å². The predicted molar refractivity (Wildman–Crippen MR) is 84.2 cm³/mol. The summed E-state index contributed by atoms with van der Waals surface area (Å²) < 4.78 is 1.26. The Kier molecular flexibility index (Phi) is 4.95. The molecule has 0 fully saturated rings. The molecule has 1 heterocycles. The third-order valence-electron chi connectivity index (χ3n) is 2.91. The Morgan fingerprint density at radius 1 is 1.36 bits per heavy atom. The van der Waals surface area contributed by atoms with Gasteiger partial charge in [-0.05, 0) is 31.2 Å². The van der Waals surface area contributed by atoms with Crippen molar-refractivity contribution in [3.05, 3.63) is 63.5 Å². The van der Waals surface area contributed by atoms with E-state index in [1.807, 2.05) is 0 Å². The van der Waals surface area contributed by atoms with Crippen LogP contribution < -0.4 is 11.0 Å². The van der Waals surface area contributed by atoms with Crippen LogP contribution in [-0.4, -0.2) is 21.3 Å². The lowest BCUT2D eigenvalue weighted by atomic mass is 10.1. The van der Waals surface area contributed by atoms with Gasteiger partial charge in [-0.25, -0.2) is 5.43 Å². The van der Waals surface area contributed by atoms with Gasteiger partial charge in [0, 0.05) is 22.8 Å².